The Hall–Kier alpha value is -1.72. The van der Waals surface area contributed by atoms with Gasteiger partial charge in [0.15, 0.2) is 0 Å². The SMILES string of the molecule is CC(C)(C)OC(=O)c1ccc(OC(F)(F)F)cc1. The van der Waals surface area contributed by atoms with Crippen molar-refractivity contribution in [2.45, 2.75) is 32.7 Å². The lowest BCUT2D eigenvalue weighted by molar-refractivity contribution is -0.274. The molecule has 1 aromatic carbocycles. The summed E-state index contributed by atoms with van der Waals surface area (Å²) in [6.07, 6.45) is -4.74. The number of ether oxygens (including phenoxy) is 2. The van der Waals surface area contributed by atoms with Gasteiger partial charge in [-0.25, -0.2) is 4.79 Å². The molecule has 0 amide bonds. The van der Waals surface area contributed by atoms with E-state index < -0.39 is 17.9 Å². The summed E-state index contributed by atoms with van der Waals surface area (Å²) in [4.78, 5) is 11.6. The molecule has 0 saturated carbocycles. The lowest BCUT2D eigenvalue weighted by atomic mass is 10.1. The highest BCUT2D eigenvalue weighted by Gasteiger charge is 2.31. The van der Waals surface area contributed by atoms with Gasteiger partial charge in [-0.2, -0.15) is 0 Å². The molecule has 0 heterocycles. The van der Waals surface area contributed by atoms with Gasteiger partial charge >= 0.3 is 12.3 Å². The topological polar surface area (TPSA) is 35.5 Å². The van der Waals surface area contributed by atoms with Crippen LogP contribution in [0.3, 0.4) is 0 Å². The molecular formula is C12H13F3O3. The fourth-order valence-corrected chi connectivity index (χ4v) is 1.13. The lowest BCUT2D eigenvalue weighted by Crippen LogP contribution is -2.23. The molecule has 0 aromatic heterocycles. The third-order valence-corrected chi connectivity index (χ3v) is 1.72. The number of carbonyl (C=O) groups excluding carboxylic acids is 1. The lowest BCUT2D eigenvalue weighted by Gasteiger charge is -2.19. The zero-order chi connectivity index (χ0) is 14.0. The van der Waals surface area contributed by atoms with Crippen molar-refractivity contribution in [1.82, 2.24) is 0 Å². The average molecular weight is 262 g/mol. The number of hydrogen-bond donors (Lipinski definition) is 0. The van der Waals surface area contributed by atoms with Crippen molar-refractivity contribution in [2.75, 3.05) is 0 Å². The highest BCUT2D eigenvalue weighted by atomic mass is 19.4. The maximum Gasteiger partial charge on any atom is 0.573 e. The van der Waals surface area contributed by atoms with Gasteiger partial charge in [0.05, 0.1) is 5.56 Å². The molecule has 0 saturated heterocycles. The highest BCUT2D eigenvalue weighted by molar-refractivity contribution is 5.89. The van der Waals surface area contributed by atoms with Crippen LogP contribution in [0.4, 0.5) is 13.2 Å². The zero-order valence-corrected chi connectivity index (χ0v) is 10.2. The van der Waals surface area contributed by atoms with E-state index in [9.17, 15) is 18.0 Å². The molecule has 0 aliphatic carbocycles. The molecule has 0 atom stereocenters. The second-order valence-electron chi connectivity index (χ2n) is 4.57. The molecule has 0 radical (unpaired) electrons. The van der Waals surface area contributed by atoms with Crippen molar-refractivity contribution in [2.24, 2.45) is 0 Å². The molecule has 0 bridgehead atoms. The smallest absolute Gasteiger partial charge is 0.456 e. The molecular weight excluding hydrogens is 249 g/mol. The first-order valence-electron chi connectivity index (χ1n) is 5.16. The third-order valence-electron chi connectivity index (χ3n) is 1.72. The van der Waals surface area contributed by atoms with Crippen LogP contribution in [0.1, 0.15) is 31.1 Å². The molecule has 0 aliphatic heterocycles. The van der Waals surface area contributed by atoms with Gasteiger partial charge in [0.25, 0.3) is 0 Å². The molecule has 1 rings (SSSR count). The van der Waals surface area contributed by atoms with Crippen LogP contribution < -0.4 is 4.74 Å². The van der Waals surface area contributed by atoms with Crippen molar-refractivity contribution >= 4 is 5.97 Å². The van der Waals surface area contributed by atoms with Gasteiger partial charge in [-0.3, -0.25) is 0 Å². The fraction of sp³-hybridized carbons (Fsp3) is 0.417. The fourth-order valence-electron chi connectivity index (χ4n) is 1.13. The maximum atomic E-state index is 11.9. The highest BCUT2D eigenvalue weighted by Crippen LogP contribution is 2.23. The molecule has 100 valence electrons. The zero-order valence-electron chi connectivity index (χ0n) is 10.2. The minimum absolute atomic E-state index is 0.166. The van der Waals surface area contributed by atoms with Gasteiger partial charge in [0.2, 0.25) is 0 Å². The van der Waals surface area contributed by atoms with E-state index in [1.54, 1.807) is 20.8 Å². The quantitative estimate of drug-likeness (QED) is 0.765. The molecule has 0 N–H and O–H groups in total. The largest absolute Gasteiger partial charge is 0.573 e. The summed E-state index contributed by atoms with van der Waals surface area (Å²) in [5.74, 6) is -0.976. The van der Waals surface area contributed by atoms with Gasteiger partial charge < -0.3 is 9.47 Å². The van der Waals surface area contributed by atoms with Crippen molar-refractivity contribution < 1.29 is 27.4 Å². The van der Waals surface area contributed by atoms with E-state index in [1.165, 1.54) is 12.1 Å². The maximum absolute atomic E-state index is 11.9. The second-order valence-corrected chi connectivity index (χ2v) is 4.57. The Balaban J connectivity index is 2.74. The predicted molar refractivity (Wildman–Crippen MR) is 58.3 cm³/mol. The van der Waals surface area contributed by atoms with Crippen LogP contribution in [0.25, 0.3) is 0 Å². The number of hydrogen-bond acceptors (Lipinski definition) is 3. The van der Waals surface area contributed by atoms with Crippen molar-refractivity contribution in [3.63, 3.8) is 0 Å². The summed E-state index contributed by atoms with van der Waals surface area (Å²) in [5.41, 5.74) is -0.488. The van der Waals surface area contributed by atoms with Crippen LogP contribution in [-0.4, -0.2) is 17.9 Å². The Kier molecular flexibility index (Phi) is 3.88. The normalized spacial score (nSPS) is 12.1. The van der Waals surface area contributed by atoms with Gasteiger partial charge in [-0.15, -0.1) is 13.2 Å². The van der Waals surface area contributed by atoms with E-state index in [4.69, 9.17) is 4.74 Å². The van der Waals surface area contributed by atoms with Crippen LogP contribution in [-0.2, 0) is 4.74 Å². The van der Waals surface area contributed by atoms with E-state index in [1.807, 2.05) is 0 Å². The van der Waals surface area contributed by atoms with Gasteiger partial charge in [0, 0.05) is 0 Å². The van der Waals surface area contributed by atoms with Crippen LogP contribution in [0.2, 0.25) is 0 Å². The Bertz CT molecular complexity index is 416. The Morgan fingerprint density at radius 3 is 1.94 bits per heavy atom. The van der Waals surface area contributed by atoms with Gasteiger partial charge in [0.1, 0.15) is 11.4 Å². The predicted octanol–water partition coefficient (Wildman–Crippen LogP) is 3.54. The monoisotopic (exact) mass is 262 g/mol. The number of alkyl halides is 3. The van der Waals surface area contributed by atoms with Crippen molar-refractivity contribution in [1.29, 1.82) is 0 Å². The summed E-state index contributed by atoms with van der Waals surface area (Å²) < 4.78 is 44.5. The first-order valence-corrected chi connectivity index (χ1v) is 5.16. The summed E-state index contributed by atoms with van der Waals surface area (Å²) in [7, 11) is 0. The molecule has 0 unspecified atom stereocenters. The van der Waals surface area contributed by atoms with Gasteiger partial charge in [-0.05, 0) is 45.0 Å². The van der Waals surface area contributed by atoms with Crippen LogP contribution in [0, 0.1) is 0 Å². The summed E-state index contributed by atoms with van der Waals surface area (Å²) in [5, 5.41) is 0. The van der Waals surface area contributed by atoms with E-state index in [0.717, 1.165) is 12.1 Å². The Morgan fingerprint density at radius 2 is 1.56 bits per heavy atom. The van der Waals surface area contributed by atoms with E-state index in [0.29, 0.717) is 0 Å². The molecule has 6 heteroatoms. The minimum Gasteiger partial charge on any atom is -0.456 e. The van der Waals surface area contributed by atoms with Crippen molar-refractivity contribution in [3.8, 4) is 5.75 Å². The summed E-state index contributed by atoms with van der Waals surface area (Å²) in [6, 6.07) is 4.56. The first kappa shape index (κ1) is 14.3. The van der Waals surface area contributed by atoms with Crippen LogP contribution in [0.15, 0.2) is 24.3 Å². The number of esters is 1. The number of carbonyl (C=O) groups is 1. The molecule has 0 spiro atoms. The molecule has 3 nitrogen and oxygen atoms in total. The average Bonchev–Trinajstić information content (AvgIpc) is 2.13. The van der Waals surface area contributed by atoms with E-state index in [2.05, 4.69) is 4.74 Å². The van der Waals surface area contributed by atoms with E-state index >= 15 is 0 Å². The molecule has 18 heavy (non-hydrogen) atoms. The first-order chi connectivity index (χ1) is 8.07. The Labute approximate surface area is 103 Å². The van der Waals surface area contributed by atoms with Crippen LogP contribution in [0.5, 0.6) is 5.75 Å². The summed E-state index contributed by atoms with van der Waals surface area (Å²) >= 11 is 0. The van der Waals surface area contributed by atoms with E-state index in [-0.39, 0.29) is 11.3 Å². The third kappa shape index (κ3) is 5.07. The Morgan fingerprint density at radius 1 is 1.06 bits per heavy atom. The number of benzene rings is 1. The standard InChI is InChI=1S/C12H13F3O3/c1-11(2,3)18-10(16)8-4-6-9(7-5-8)17-12(13,14)15/h4-7H,1-3H3. The number of halogens is 3. The molecule has 0 fully saturated rings. The second kappa shape index (κ2) is 4.88. The van der Waals surface area contributed by atoms with Gasteiger partial charge in [-0.1, -0.05) is 0 Å². The minimum atomic E-state index is -4.74. The van der Waals surface area contributed by atoms with Crippen LogP contribution >= 0.6 is 0 Å². The van der Waals surface area contributed by atoms with Crippen molar-refractivity contribution in [3.05, 3.63) is 29.8 Å². The summed E-state index contributed by atoms with van der Waals surface area (Å²) in [6.45, 7) is 5.10. The molecule has 0 aliphatic rings. The molecule has 1 aromatic rings. The number of rotatable bonds is 2.